The summed E-state index contributed by atoms with van der Waals surface area (Å²) in [6.45, 7) is 1.21. The van der Waals surface area contributed by atoms with Gasteiger partial charge in [0.05, 0.1) is 19.3 Å². The van der Waals surface area contributed by atoms with E-state index in [4.69, 9.17) is 14.6 Å². The number of benzene rings is 3. The van der Waals surface area contributed by atoms with Crippen LogP contribution in [0.2, 0.25) is 0 Å². The van der Waals surface area contributed by atoms with Gasteiger partial charge in [0.15, 0.2) is 0 Å². The minimum atomic E-state index is -0.931. The molecule has 0 aliphatic rings. The van der Waals surface area contributed by atoms with Crippen LogP contribution in [0.1, 0.15) is 21.5 Å². The van der Waals surface area contributed by atoms with Gasteiger partial charge in [-0.05, 0) is 53.6 Å². The molecule has 144 valence electrons. The van der Waals surface area contributed by atoms with Gasteiger partial charge in [-0.1, -0.05) is 30.3 Å². The van der Waals surface area contributed by atoms with E-state index in [1.165, 1.54) is 5.56 Å². The molecule has 28 heavy (non-hydrogen) atoms. The lowest BCUT2D eigenvalue weighted by molar-refractivity contribution is 0.0697. The SMILES string of the molecule is COc1ccc(CCOc2ccc(CNc3cccc(C(=O)O)c3)cc2)cc1. The van der Waals surface area contributed by atoms with Crippen LogP contribution in [0.15, 0.2) is 72.8 Å². The molecule has 0 bridgehead atoms. The Hall–Kier alpha value is -3.47. The lowest BCUT2D eigenvalue weighted by Crippen LogP contribution is -2.03. The second kappa shape index (κ2) is 9.46. The van der Waals surface area contributed by atoms with Crippen molar-refractivity contribution in [3.05, 3.63) is 89.5 Å². The van der Waals surface area contributed by atoms with Crippen LogP contribution in [0.3, 0.4) is 0 Å². The molecule has 3 aromatic rings. The van der Waals surface area contributed by atoms with Crippen molar-refractivity contribution in [2.45, 2.75) is 13.0 Å². The van der Waals surface area contributed by atoms with Crippen molar-refractivity contribution in [1.82, 2.24) is 0 Å². The van der Waals surface area contributed by atoms with E-state index in [0.29, 0.717) is 13.2 Å². The van der Waals surface area contributed by atoms with E-state index < -0.39 is 5.97 Å². The Morgan fingerprint density at radius 3 is 2.29 bits per heavy atom. The predicted molar refractivity (Wildman–Crippen MR) is 109 cm³/mol. The normalized spacial score (nSPS) is 10.3. The smallest absolute Gasteiger partial charge is 0.335 e. The number of ether oxygens (including phenoxy) is 2. The van der Waals surface area contributed by atoms with Gasteiger partial charge >= 0.3 is 5.97 Å². The zero-order valence-corrected chi connectivity index (χ0v) is 15.7. The van der Waals surface area contributed by atoms with Crippen LogP contribution in [0.4, 0.5) is 5.69 Å². The molecule has 0 aromatic heterocycles. The first kappa shape index (κ1) is 19.3. The summed E-state index contributed by atoms with van der Waals surface area (Å²) in [5.41, 5.74) is 3.33. The van der Waals surface area contributed by atoms with Crippen molar-refractivity contribution >= 4 is 11.7 Å². The van der Waals surface area contributed by atoms with E-state index in [-0.39, 0.29) is 5.56 Å². The number of carboxylic acid groups (broad SMARTS) is 1. The summed E-state index contributed by atoms with van der Waals surface area (Å²) in [5, 5.41) is 12.3. The van der Waals surface area contributed by atoms with Gasteiger partial charge in [-0.3, -0.25) is 0 Å². The van der Waals surface area contributed by atoms with Gasteiger partial charge in [-0.25, -0.2) is 4.79 Å². The Kier molecular flexibility index (Phi) is 6.52. The molecule has 5 heteroatoms. The second-order valence-corrected chi connectivity index (χ2v) is 6.33. The highest BCUT2D eigenvalue weighted by Crippen LogP contribution is 2.16. The fourth-order valence-electron chi connectivity index (χ4n) is 2.75. The third-order valence-electron chi connectivity index (χ3n) is 4.35. The molecular formula is C23H23NO4. The molecule has 0 fully saturated rings. The van der Waals surface area contributed by atoms with Crippen molar-refractivity contribution < 1.29 is 19.4 Å². The minimum absolute atomic E-state index is 0.269. The number of methoxy groups -OCH3 is 1. The average molecular weight is 377 g/mol. The third-order valence-corrected chi connectivity index (χ3v) is 4.35. The zero-order chi connectivity index (χ0) is 19.8. The molecule has 0 unspecified atom stereocenters. The van der Waals surface area contributed by atoms with Crippen molar-refractivity contribution in [2.24, 2.45) is 0 Å². The quantitative estimate of drug-likeness (QED) is 0.569. The number of hydrogen-bond acceptors (Lipinski definition) is 4. The molecule has 0 heterocycles. The van der Waals surface area contributed by atoms with Crippen molar-refractivity contribution in [2.75, 3.05) is 19.0 Å². The molecule has 0 spiro atoms. The van der Waals surface area contributed by atoms with Gasteiger partial charge in [-0.2, -0.15) is 0 Å². The number of anilines is 1. The molecule has 0 aliphatic carbocycles. The number of nitrogens with one attached hydrogen (secondary N) is 1. The lowest BCUT2D eigenvalue weighted by atomic mass is 10.1. The fourth-order valence-corrected chi connectivity index (χ4v) is 2.75. The van der Waals surface area contributed by atoms with Crippen LogP contribution in [0.5, 0.6) is 11.5 Å². The molecule has 0 amide bonds. The molecule has 3 rings (SSSR count). The van der Waals surface area contributed by atoms with Gasteiger partial charge < -0.3 is 19.9 Å². The summed E-state index contributed by atoms with van der Waals surface area (Å²) in [7, 11) is 1.66. The van der Waals surface area contributed by atoms with Gasteiger partial charge in [0.1, 0.15) is 11.5 Å². The monoisotopic (exact) mass is 377 g/mol. The number of rotatable bonds is 9. The van der Waals surface area contributed by atoms with Gasteiger partial charge in [0.2, 0.25) is 0 Å². The summed E-state index contributed by atoms with van der Waals surface area (Å²) in [4.78, 5) is 11.0. The molecule has 3 aromatic carbocycles. The predicted octanol–water partition coefficient (Wildman–Crippen LogP) is 4.63. The zero-order valence-electron chi connectivity index (χ0n) is 15.7. The van der Waals surface area contributed by atoms with Crippen LogP contribution in [0, 0.1) is 0 Å². The largest absolute Gasteiger partial charge is 0.497 e. The molecule has 0 saturated carbocycles. The van der Waals surface area contributed by atoms with Gasteiger partial charge in [-0.15, -0.1) is 0 Å². The Balaban J connectivity index is 1.46. The minimum Gasteiger partial charge on any atom is -0.497 e. The Morgan fingerprint density at radius 1 is 0.929 bits per heavy atom. The van der Waals surface area contributed by atoms with Crippen molar-refractivity contribution in [3.63, 3.8) is 0 Å². The number of carboxylic acids is 1. The van der Waals surface area contributed by atoms with E-state index in [0.717, 1.165) is 29.2 Å². The molecule has 2 N–H and O–H groups in total. The summed E-state index contributed by atoms with van der Waals surface area (Å²) in [6, 6.07) is 22.6. The van der Waals surface area contributed by atoms with E-state index in [2.05, 4.69) is 5.32 Å². The van der Waals surface area contributed by atoms with Gasteiger partial charge in [0, 0.05) is 18.7 Å². The highest BCUT2D eigenvalue weighted by Gasteiger charge is 2.03. The number of hydrogen-bond donors (Lipinski definition) is 2. The summed E-state index contributed by atoms with van der Waals surface area (Å²) in [5.74, 6) is 0.744. The topological polar surface area (TPSA) is 67.8 Å². The van der Waals surface area contributed by atoms with E-state index in [9.17, 15) is 4.79 Å². The van der Waals surface area contributed by atoms with Crippen LogP contribution < -0.4 is 14.8 Å². The Labute approximate surface area is 164 Å². The molecule has 5 nitrogen and oxygen atoms in total. The van der Waals surface area contributed by atoms with Crippen LogP contribution in [-0.2, 0) is 13.0 Å². The Bertz CT molecular complexity index is 905. The molecule has 0 saturated heterocycles. The first-order valence-electron chi connectivity index (χ1n) is 9.06. The number of carbonyl (C=O) groups is 1. The number of aromatic carboxylic acids is 1. The van der Waals surface area contributed by atoms with Crippen molar-refractivity contribution in [3.8, 4) is 11.5 Å². The molecule has 0 aliphatic heterocycles. The summed E-state index contributed by atoms with van der Waals surface area (Å²) < 4.78 is 11.0. The summed E-state index contributed by atoms with van der Waals surface area (Å²) in [6.07, 6.45) is 0.827. The second-order valence-electron chi connectivity index (χ2n) is 6.33. The molecule has 0 radical (unpaired) electrons. The standard InChI is InChI=1S/C23H23NO4/c1-27-21-9-5-17(6-10-21)13-14-28-22-11-7-18(8-12-22)16-24-20-4-2-3-19(15-20)23(25)26/h2-12,15,24H,13-14,16H2,1H3,(H,25,26). The molecular weight excluding hydrogens is 354 g/mol. The van der Waals surface area contributed by atoms with E-state index in [1.807, 2.05) is 54.6 Å². The highest BCUT2D eigenvalue weighted by atomic mass is 16.5. The van der Waals surface area contributed by atoms with E-state index in [1.54, 1.807) is 25.3 Å². The van der Waals surface area contributed by atoms with Crippen LogP contribution >= 0.6 is 0 Å². The van der Waals surface area contributed by atoms with Gasteiger partial charge in [0.25, 0.3) is 0 Å². The first-order valence-corrected chi connectivity index (χ1v) is 9.06. The average Bonchev–Trinajstić information content (AvgIpc) is 2.74. The maximum atomic E-state index is 11.0. The van der Waals surface area contributed by atoms with E-state index >= 15 is 0 Å². The Morgan fingerprint density at radius 2 is 1.61 bits per heavy atom. The third kappa shape index (κ3) is 5.51. The van der Waals surface area contributed by atoms with Crippen molar-refractivity contribution in [1.29, 1.82) is 0 Å². The maximum absolute atomic E-state index is 11.0. The molecule has 0 atom stereocenters. The highest BCUT2D eigenvalue weighted by molar-refractivity contribution is 5.88. The fraction of sp³-hybridized carbons (Fsp3) is 0.174. The lowest BCUT2D eigenvalue weighted by Gasteiger charge is -2.10. The first-order chi connectivity index (χ1) is 13.6. The summed E-state index contributed by atoms with van der Waals surface area (Å²) >= 11 is 0. The maximum Gasteiger partial charge on any atom is 0.335 e. The van der Waals surface area contributed by atoms with Crippen LogP contribution in [-0.4, -0.2) is 24.8 Å². The van der Waals surface area contributed by atoms with Crippen LogP contribution in [0.25, 0.3) is 0 Å².